The van der Waals surface area contributed by atoms with E-state index in [0.29, 0.717) is 67.2 Å². The molecule has 4 aliphatic heterocycles. The maximum absolute atomic E-state index is 13.6. The summed E-state index contributed by atoms with van der Waals surface area (Å²) in [5.74, 6) is 0.144. The predicted octanol–water partition coefficient (Wildman–Crippen LogP) is 26.1. The average molecular weight is 1850 g/mol. The lowest BCUT2D eigenvalue weighted by Gasteiger charge is -2.26. The molecule has 138 heavy (non-hydrogen) atoms. The van der Waals surface area contributed by atoms with Gasteiger partial charge < -0.3 is 19.4 Å². The summed E-state index contributed by atoms with van der Waals surface area (Å²) in [4.78, 5) is 81.2. The van der Waals surface area contributed by atoms with E-state index in [2.05, 4.69) is 152 Å². The van der Waals surface area contributed by atoms with Crippen LogP contribution in [0.4, 0.5) is 29.3 Å². The number of rotatable bonds is 15. The maximum Gasteiger partial charge on any atom is 0.416 e. The van der Waals surface area contributed by atoms with Crippen LogP contribution in [0.15, 0.2) is 231 Å². The molecule has 4 aliphatic rings. The van der Waals surface area contributed by atoms with Crippen molar-refractivity contribution in [3.05, 3.63) is 376 Å². The second-order valence-corrected chi connectivity index (χ2v) is 39.0. The third-order valence-electron chi connectivity index (χ3n) is 26.5. The van der Waals surface area contributed by atoms with Crippen LogP contribution in [-0.4, -0.2) is 89.7 Å². The number of anilines is 2. The number of alkyl halides is 3. The molecule has 0 spiro atoms. The number of carbonyl (C=O) groups is 6. The number of aryl methyl sites for hydroxylation is 11. The Hall–Kier alpha value is -14.9. The Balaban J connectivity index is 0.000000133. The van der Waals surface area contributed by atoms with Crippen LogP contribution in [0.3, 0.4) is 0 Å². The Bertz CT molecular complexity index is 7240. The van der Waals surface area contributed by atoms with E-state index in [1.165, 1.54) is 59.5 Å². The number of ether oxygens (including phenoxy) is 1. The van der Waals surface area contributed by atoms with Gasteiger partial charge in [-0.1, -0.05) is 215 Å². The molecule has 0 bridgehead atoms. The molecule has 8 heterocycles. The minimum absolute atomic E-state index is 0.00472. The number of halogens is 3. The van der Waals surface area contributed by atoms with Gasteiger partial charge in [-0.2, -0.15) is 33.6 Å². The van der Waals surface area contributed by atoms with Crippen LogP contribution in [-0.2, 0) is 68.7 Å². The fraction of sp³-hybridized carbons (Fsp3) is 0.276. The van der Waals surface area contributed by atoms with Gasteiger partial charge in [-0.05, 0) is 233 Å². The van der Waals surface area contributed by atoms with E-state index in [9.17, 15) is 41.9 Å². The molecule has 0 aliphatic carbocycles. The normalized spacial score (nSPS) is 13.1. The molecular weight excluding hydrogens is 1730 g/mol. The highest BCUT2D eigenvalue weighted by atomic mass is 19.4. The van der Waals surface area contributed by atoms with Crippen LogP contribution in [0.25, 0.3) is 67.8 Å². The molecule has 0 N–H and O–H groups in total. The topological polar surface area (TPSA) is 196 Å². The van der Waals surface area contributed by atoms with Gasteiger partial charge in [0.2, 0.25) is 0 Å². The molecule has 19 rings (SSSR count). The number of hydrogen-bond donors (Lipinski definition) is 0. The fourth-order valence-electron chi connectivity index (χ4n) is 19.2. The first kappa shape index (κ1) is 96.2. The summed E-state index contributed by atoms with van der Waals surface area (Å²) < 4.78 is 54.3. The zero-order valence-corrected chi connectivity index (χ0v) is 82.5. The summed E-state index contributed by atoms with van der Waals surface area (Å²) in [6, 6.07) is 74.3. The first-order valence-electron chi connectivity index (χ1n) is 46.8. The van der Waals surface area contributed by atoms with Gasteiger partial charge in [-0.3, -0.25) is 28.9 Å². The molecule has 0 radical (unpaired) electrons. The van der Waals surface area contributed by atoms with E-state index < -0.39 is 17.3 Å². The van der Waals surface area contributed by atoms with Crippen LogP contribution in [0.2, 0.25) is 0 Å². The number of para-hydroxylation sites is 4. The lowest BCUT2D eigenvalue weighted by molar-refractivity contribution is -0.138. The van der Waals surface area contributed by atoms with Gasteiger partial charge in [0, 0.05) is 96.8 Å². The smallest absolute Gasteiger partial charge is 0.416 e. The zero-order valence-electron chi connectivity index (χ0n) is 82.5. The van der Waals surface area contributed by atoms with Crippen molar-refractivity contribution in [1.82, 2.24) is 48.9 Å². The van der Waals surface area contributed by atoms with Crippen LogP contribution in [0, 0.1) is 76.2 Å². The van der Waals surface area contributed by atoms with Crippen molar-refractivity contribution >= 4 is 46.5 Å². The monoisotopic (exact) mass is 1850 g/mol. The number of ketones is 4. The van der Waals surface area contributed by atoms with E-state index in [0.717, 1.165) is 165 Å². The van der Waals surface area contributed by atoms with E-state index in [4.69, 9.17) is 25.1 Å². The molecule has 19 nitrogen and oxygen atoms in total. The van der Waals surface area contributed by atoms with Crippen LogP contribution in [0.5, 0.6) is 0 Å². The molecule has 11 aromatic carbocycles. The van der Waals surface area contributed by atoms with Crippen molar-refractivity contribution in [2.24, 2.45) is 0 Å². The third kappa shape index (κ3) is 19.5. The minimum atomic E-state index is -4.41. The minimum Gasteiger partial charge on any atom is -0.444 e. The van der Waals surface area contributed by atoms with E-state index in [1.807, 2.05) is 192 Å². The molecule has 0 saturated carbocycles. The molecule has 0 fully saturated rings. The number of carbonyl (C=O) groups excluding carboxylic acids is 6. The van der Waals surface area contributed by atoms with Gasteiger partial charge >= 0.3 is 12.3 Å². The van der Waals surface area contributed by atoms with Gasteiger partial charge in [0.15, 0.2) is 23.1 Å². The molecule has 0 atom stereocenters. The fourth-order valence-corrected chi connectivity index (χ4v) is 19.2. The highest BCUT2D eigenvalue weighted by molar-refractivity contribution is 5.98. The van der Waals surface area contributed by atoms with Gasteiger partial charge in [0.25, 0.3) is 5.91 Å². The van der Waals surface area contributed by atoms with Crippen LogP contribution >= 0.6 is 0 Å². The molecule has 4 aromatic heterocycles. The van der Waals surface area contributed by atoms with Gasteiger partial charge in [0.1, 0.15) is 5.60 Å². The van der Waals surface area contributed by atoms with Crippen molar-refractivity contribution in [1.29, 1.82) is 0 Å². The zero-order chi connectivity index (χ0) is 98.7. The molecular formula is C116H117F3N12O7. The number of fused-ring (bicyclic) bond motifs is 4. The number of benzene rings is 11. The van der Waals surface area contributed by atoms with Gasteiger partial charge in [-0.25, -0.2) is 23.5 Å². The van der Waals surface area contributed by atoms with E-state index >= 15 is 0 Å². The maximum atomic E-state index is 13.6. The SMILES string of the molecule is CC(=O)c1ccc(-c2c3c(nn2-c2c(C)cccc2C)CN(C(=O)OC(C)(C)C)C3)cc1.CC(=O)c1ccc(-c2c3c(nn2-c2c(C)cccc2C)CN(C(=O)c2ccccc2)C3)cc1.CC(=O)c1ccc(-c2c3c(nn2-c2c(C)cccc2C)CN(c2cc(C(C)(C)C)ccc2C)C3)c(C)c1.CC(=O)c1ccc(-c2c3c(nn2-c2c(C)cccc2C)CN(c2ccc(C)c(C(F)(F)F)c2)C3)cc1. The van der Waals surface area contributed by atoms with Gasteiger partial charge in [0.05, 0.1) is 113 Å². The van der Waals surface area contributed by atoms with Crippen molar-refractivity contribution in [2.75, 3.05) is 9.80 Å². The summed E-state index contributed by atoms with van der Waals surface area (Å²) in [5.41, 5.74) is 37.2. The van der Waals surface area contributed by atoms with Crippen molar-refractivity contribution in [3.8, 4) is 67.8 Å². The molecule has 22 heteroatoms. The Morgan fingerprint density at radius 1 is 0.312 bits per heavy atom. The second kappa shape index (κ2) is 38.3. The van der Waals surface area contributed by atoms with Crippen LogP contribution < -0.4 is 9.80 Å². The lowest BCUT2D eigenvalue weighted by Crippen LogP contribution is -2.33. The molecule has 0 unspecified atom stereocenters. The molecule has 704 valence electrons. The summed E-state index contributed by atoms with van der Waals surface area (Å²) in [7, 11) is 0. The van der Waals surface area contributed by atoms with E-state index in [1.54, 1.807) is 43.9 Å². The predicted molar refractivity (Wildman–Crippen MR) is 540 cm³/mol. The summed E-state index contributed by atoms with van der Waals surface area (Å²) in [5, 5.41) is 20.2. The molecule has 0 saturated heterocycles. The number of Topliss-reactive ketones (excluding diaryl/α,β-unsaturated/α-hetero) is 4. The number of hydrogen-bond acceptors (Lipinski definition) is 13. The molecule has 15 aromatic rings. The molecule has 2 amide bonds. The first-order chi connectivity index (χ1) is 65.5. The third-order valence-corrected chi connectivity index (χ3v) is 26.5. The highest BCUT2D eigenvalue weighted by Crippen LogP contribution is 2.46. The van der Waals surface area contributed by atoms with Crippen molar-refractivity contribution in [2.45, 2.75) is 215 Å². The Morgan fingerprint density at radius 3 is 1.06 bits per heavy atom. The van der Waals surface area contributed by atoms with Crippen LogP contribution in [0.1, 0.15) is 238 Å². The quantitative estimate of drug-likeness (QED) is 0.0880. The standard InChI is InChI=1S/C33H37N3O.C29H26F3N3O.C28H25N3O2.C26H29N3O3/c1-20-12-14-26(33(6,7)8)17-30(20)35-18-28-29(19-35)34-36(31-21(2)10-9-11-22(31)3)32(28)27-15-13-25(24(5)37)16-23(27)4;1-17-8-13-23(14-25(17)29(30,31)32)34-15-24-26(16-34)33-35(27-18(2)6-5-7-19(27)3)28(24)22-11-9-21(10-12-22)20(4)36;1-18-8-7-9-19(2)26(18)31-27(22-14-12-21(13-15-22)20(3)32)24-16-30(17-25(24)29-31)28(33)23-10-5-4-6-11-23;1-16-8-7-9-17(2)23(16)29-24(20-12-10-19(11-13-20)18(3)30)21-14-28(15-22(21)27-29)25(31)32-26(4,5)6/h9-17H,18-19H2,1-8H3;5-14H,15-16H2,1-4H3;4-15H,16-17H2,1-3H3;7-13H,14-15H2,1-6H3. The first-order valence-corrected chi connectivity index (χ1v) is 46.8. The Morgan fingerprint density at radius 2 is 0.667 bits per heavy atom. The number of amides is 2. The summed E-state index contributed by atoms with van der Waals surface area (Å²) in [6.07, 6.45) is -4.75. The van der Waals surface area contributed by atoms with E-state index in [-0.39, 0.29) is 46.1 Å². The van der Waals surface area contributed by atoms with Gasteiger partial charge in [-0.15, -0.1) is 0 Å². The summed E-state index contributed by atoms with van der Waals surface area (Å²) >= 11 is 0. The lowest BCUT2D eigenvalue weighted by atomic mass is 9.86. The summed E-state index contributed by atoms with van der Waals surface area (Å²) in [6.45, 7) is 45.4. The van der Waals surface area contributed by atoms with Crippen molar-refractivity contribution in [3.63, 3.8) is 0 Å². The number of aromatic nitrogens is 8. The van der Waals surface area contributed by atoms with Crippen molar-refractivity contribution < 1.29 is 46.7 Å². The Kier molecular flexibility index (Phi) is 26.7. The highest BCUT2D eigenvalue weighted by Gasteiger charge is 2.40. The Labute approximate surface area is 805 Å². The second-order valence-electron chi connectivity index (χ2n) is 39.0. The largest absolute Gasteiger partial charge is 0.444 e. The average Bonchev–Trinajstić information content (AvgIpc) is 1.60. The number of nitrogens with zero attached hydrogens (tertiary/aromatic N) is 12.